The first-order valence-corrected chi connectivity index (χ1v) is 10.8. The molecule has 0 radical (unpaired) electrons. The second-order valence-electron chi connectivity index (χ2n) is 8.02. The third-order valence-corrected chi connectivity index (χ3v) is 6.21. The summed E-state index contributed by atoms with van der Waals surface area (Å²) < 4.78 is 42.2. The van der Waals surface area contributed by atoms with Crippen molar-refractivity contribution in [1.82, 2.24) is 9.47 Å². The zero-order valence-corrected chi connectivity index (χ0v) is 18.5. The number of hydrogen-bond acceptors (Lipinski definition) is 3. The van der Waals surface area contributed by atoms with Gasteiger partial charge in [-0.3, -0.25) is 9.59 Å². The van der Waals surface area contributed by atoms with E-state index in [2.05, 4.69) is 5.32 Å². The summed E-state index contributed by atoms with van der Waals surface area (Å²) in [4.78, 5) is 27.4. The van der Waals surface area contributed by atoms with E-state index < -0.39 is 17.2 Å². The van der Waals surface area contributed by atoms with Crippen LogP contribution in [0, 0.1) is 17.5 Å². The van der Waals surface area contributed by atoms with Gasteiger partial charge in [-0.15, -0.1) is 0 Å². The minimum absolute atomic E-state index is 0.0741. The number of nitrogens with one attached hydrogen (secondary N) is 1. The Kier molecular flexibility index (Phi) is 6.47. The average Bonchev–Trinajstić information content (AvgIpc) is 2.81. The van der Waals surface area contributed by atoms with Crippen molar-refractivity contribution in [3.05, 3.63) is 92.6 Å². The van der Waals surface area contributed by atoms with Crippen molar-refractivity contribution in [1.29, 1.82) is 0 Å². The molecule has 1 aliphatic heterocycles. The van der Waals surface area contributed by atoms with Gasteiger partial charge in [-0.05, 0) is 48.6 Å². The Bertz CT molecular complexity index is 1250. The van der Waals surface area contributed by atoms with E-state index in [9.17, 15) is 22.8 Å². The number of carbonyl (C=O) groups excluding carboxylic acids is 1. The Labute approximate surface area is 193 Å². The maximum atomic E-state index is 14.2. The normalized spacial score (nSPS) is 14.4. The Morgan fingerprint density at radius 2 is 1.67 bits per heavy atom. The average molecular weight is 476 g/mol. The van der Waals surface area contributed by atoms with E-state index in [0.717, 1.165) is 23.8 Å². The smallest absolute Gasteiger partial charge is 0.271 e. The second-order valence-corrected chi connectivity index (χ2v) is 8.39. The van der Waals surface area contributed by atoms with Crippen LogP contribution in [0.4, 0.5) is 24.5 Å². The van der Waals surface area contributed by atoms with Crippen LogP contribution in [0.1, 0.15) is 34.7 Å². The van der Waals surface area contributed by atoms with E-state index in [1.165, 1.54) is 29.9 Å². The molecule has 1 saturated heterocycles. The van der Waals surface area contributed by atoms with E-state index in [0.29, 0.717) is 25.9 Å². The molecule has 1 N–H and O–H groups in total. The van der Waals surface area contributed by atoms with E-state index >= 15 is 0 Å². The van der Waals surface area contributed by atoms with Gasteiger partial charge in [0.15, 0.2) is 0 Å². The Hall–Kier alpha value is -3.26. The number of halogens is 4. The second kappa shape index (κ2) is 9.31. The largest absolute Gasteiger partial charge is 0.351 e. The first kappa shape index (κ1) is 22.9. The summed E-state index contributed by atoms with van der Waals surface area (Å²) in [5, 5.41) is 2.34. The standard InChI is InChI=1S/C24H21ClF3N3O2/c1-30-13-18(22(21(25)24(30)33)29-20-12-17(27)6-7-19(20)28)23(32)31-10-8-15(9-11-31)14-2-4-16(26)5-3-14/h2-7,12-13,15,29H,8-11H2,1H3. The van der Waals surface area contributed by atoms with Crippen molar-refractivity contribution < 1.29 is 18.0 Å². The van der Waals surface area contributed by atoms with Crippen LogP contribution >= 0.6 is 11.6 Å². The highest BCUT2D eigenvalue weighted by atomic mass is 35.5. The number of aromatic nitrogens is 1. The predicted molar refractivity (Wildman–Crippen MR) is 121 cm³/mol. The monoisotopic (exact) mass is 475 g/mol. The lowest BCUT2D eigenvalue weighted by atomic mass is 9.89. The van der Waals surface area contributed by atoms with Crippen molar-refractivity contribution in [2.45, 2.75) is 18.8 Å². The van der Waals surface area contributed by atoms with Gasteiger partial charge in [0.05, 0.1) is 16.9 Å². The van der Waals surface area contributed by atoms with Crippen LogP contribution in [0.2, 0.25) is 5.02 Å². The molecule has 0 spiro atoms. The topological polar surface area (TPSA) is 54.3 Å². The number of anilines is 2. The quantitative estimate of drug-likeness (QED) is 0.563. The summed E-state index contributed by atoms with van der Waals surface area (Å²) in [6, 6.07) is 9.16. The van der Waals surface area contributed by atoms with Crippen LogP contribution in [-0.4, -0.2) is 28.5 Å². The number of nitrogens with zero attached hydrogens (tertiary/aromatic N) is 2. The van der Waals surface area contributed by atoms with Gasteiger partial charge in [-0.25, -0.2) is 13.2 Å². The lowest BCUT2D eigenvalue weighted by Crippen LogP contribution is -2.39. The molecule has 5 nitrogen and oxygen atoms in total. The van der Waals surface area contributed by atoms with Gasteiger partial charge in [0.2, 0.25) is 0 Å². The number of benzene rings is 2. The van der Waals surface area contributed by atoms with Crippen molar-refractivity contribution >= 4 is 28.9 Å². The van der Waals surface area contributed by atoms with Crippen LogP contribution < -0.4 is 10.9 Å². The molecule has 1 aliphatic rings. The fraction of sp³-hybridized carbons (Fsp3) is 0.250. The van der Waals surface area contributed by atoms with Crippen LogP contribution in [0.5, 0.6) is 0 Å². The zero-order chi connectivity index (χ0) is 23.7. The highest BCUT2D eigenvalue weighted by Gasteiger charge is 2.28. The molecule has 3 aromatic rings. The summed E-state index contributed by atoms with van der Waals surface area (Å²) in [6.45, 7) is 0.879. The van der Waals surface area contributed by atoms with E-state index in [-0.39, 0.29) is 39.6 Å². The minimum atomic E-state index is -0.758. The fourth-order valence-electron chi connectivity index (χ4n) is 4.03. The van der Waals surface area contributed by atoms with Gasteiger partial charge >= 0.3 is 0 Å². The highest BCUT2D eigenvalue weighted by Crippen LogP contribution is 2.32. The molecule has 2 heterocycles. The molecule has 2 aromatic carbocycles. The number of carbonyl (C=O) groups is 1. The van der Waals surface area contributed by atoms with Crippen molar-refractivity contribution in [2.75, 3.05) is 18.4 Å². The summed E-state index contributed by atoms with van der Waals surface area (Å²) in [5.41, 5.74) is 0.190. The Morgan fingerprint density at radius 1 is 1.03 bits per heavy atom. The van der Waals surface area contributed by atoms with Gasteiger partial charge in [0.1, 0.15) is 22.5 Å². The van der Waals surface area contributed by atoms with Crippen LogP contribution in [0.3, 0.4) is 0 Å². The van der Waals surface area contributed by atoms with Gasteiger partial charge in [-0.2, -0.15) is 0 Å². The third kappa shape index (κ3) is 4.75. The van der Waals surface area contributed by atoms with Crippen molar-refractivity contribution in [2.24, 2.45) is 7.05 Å². The Morgan fingerprint density at radius 3 is 2.33 bits per heavy atom. The molecule has 1 amide bonds. The molecule has 33 heavy (non-hydrogen) atoms. The van der Waals surface area contributed by atoms with E-state index in [1.807, 2.05) is 0 Å². The lowest BCUT2D eigenvalue weighted by Gasteiger charge is -2.33. The van der Waals surface area contributed by atoms with Crippen LogP contribution in [0.25, 0.3) is 0 Å². The first-order valence-electron chi connectivity index (χ1n) is 10.4. The molecule has 1 aromatic heterocycles. The van der Waals surface area contributed by atoms with E-state index in [1.54, 1.807) is 17.0 Å². The van der Waals surface area contributed by atoms with Crippen LogP contribution in [-0.2, 0) is 7.05 Å². The molecular formula is C24H21ClF3N3O2. The molecule has 0 aliphatic carbocycles. The van der Waals surface area contributed by atoms with Gasteiger partial charge in [0, 0.05) is 32.4 Å². The van der Waals surface area contributed by atoms with Crippen molar-refractivity contribution in [3.8, 4) is 0 Å². The molecule has 9 heteroatoms. The number of rotatable bonds is 4. The number of piperidine rings is 1. The fourth-order valence-corrected chi connectivity index (χ4v) is 4.31. The SMILES string of the molecule is Cn1cc(C(=O)N2CCC(c3ccc(F)cc3)CC2)c(Nc2cc(F)ccc2F)c(Cl)c1=O. The lowest BCUT2D eigenvalue weighted by molar-refractivity contribution is 0.0713. The van der Waals surface area contributed by atoms with E-state index in [4.69, 9.17) is 11.6 Å². The number of likely N-dealkylation sites (tertiary alicyclic amines) is 1. The molecule has 172 valence electrons. The maximum absolute atomic E-state index is 14.2. The van der Waals surface area contributed by atoms with Gasteiger partial charge < -0.3 is 14.8 Å². The zero-order valence-electron chi connectivity index (χ0n) is 17.7. The first-order chi connectivity index (χ1) is 15.7. The molecule has 1 fully saturated rings. The molecular weight excluding hydrogens is 455 g/mol. The summed E-state index contributed by atoms with van der Waals surface area (Å²) >= 11 is 6.23. The molecule has 0 bridgehead atoms. The van der Waals surface area contributed by atoms with Crippen LogP contribution in [0.15, 0.2) is 53.5 Å². The highest BCUT2D eigenvalue weighted by molar-refractivity contribution is 6.34. The summed E-state index contributed by atoms with van der Waals surface area (Å²) in [6.07, 6.45) is 2.69. The summed E-state index contributed by atoms with van der Waals surface area (Å²) in [5.74, 6) is -1.93. The van der Waals surface area contributed by atoms with Crippen molar-refractivity contribution in [3.63, 3.8) is 0 Å². The van der Waals surface area contributed by atoms with Gasteiger partial charge in [-0.1, -0.05) is 23.7 Å². The molecule has 0 atom stereocenters. The predicted octanol–water partition coefficient (Wildman–Crippen LogP) is 5.22. The number of amides is 1. The number of aryl methyl sites for hydroxylation is 1. The number of hydrogen-bond donors (Lipinski definition) is 1. The Balaban J connectivity index is 1.60. The minimum Gasteiger partial charge on any atom is -0.351 e. The molecule has 0 unspecified atom stereocenters. The van der Waals surface area contributed by atoms with Gasteiger partial charge in [0.25, 0.3) is 11.5 Å². The summed E-state index contributed by atoms with van der Waals surface area (Å²) in [7, 11) is 1.46. The maximum Gasteiger partial charge on any atom is 0.271 e. The molecule has 0 saturated carbocycles. The molecule has 4 rings (SSSR count). The third-order valence-electron chi connectivity index (χ3n) is 5.86. The number of pyridine rings is 1.